The number of methoxy groups -OCH3 is 1. The Bertz CT molecular complexity index is 469. The number of hydrogen-bond donors (Lipinski definition) is 0. The third-order valence-electron chi connectivity index (χ3n) is 2.77. The van der Waals surface area contributed by atoms with Gasteiger partial charge in [0.1, 0.15) is 0 Å². The summed E-state index contributed by atoms with van der Waals surface area (Å²) in [4.78, 5) is 11.3. The molecule has 1 rings (SSSR count). The summed E-state index contributed by atoms with van der Waals surface area (Å²) in [5.74, 6) is -0.361. The van der Waals surface area contributed by atoms with E-state index in [1.807, 2.05) is 12.1 Å². The van der Waals surface area contributed by atoms with E-state index in [9.17, 15) is 9.36 Å². The van der Waals surface area contributed by atoms with Crippen molar-refractivity contribution in [3.63, 3.8) is 0 Å². The van der Waals surface area contributed by atoms with Crippen molar-refractivity contribution < 1.29 is 23.1 Å². The van der Waals surface area contributed by atoms with Gasteiger partial charge in [0.05, 0.1) is 25.9 Å². The number of carbonyl (C=O) groups excluding carboxylic acids is 1. The molecule has 1 aromatic carbocycles. The van der Waals surface area contributed by atoms with Gasteiger partial charge < -0.3 is 13.8 Å². The first-order valence-electron chi connectivity index (χ1n) is 6.60. The molecule has 0 bridgehead atoms. The average molecular weight is 300 g/mol. The van der Waals surface area contributed by atoms with E-state index in [0.29, 0.717) is 31.4 Å². The maximum absolute atomic E-state index is 12.0. The first kappa shape index (κ1) is 16.9. The molecule has 1 unspecified atom stereocenters. The van der Waals surface area contributed by atoms with E-state index in [-0.39, 0.29) is 5.97 Å². The summed E-state index contributed by atoms with van der Waals surface area (Å²) in [5.41, 5.74) is 1.50. The summed E-state index contributed by atoms with van der Waals surface area (Å²) in [6.45, 7) is 4.26. The summed E-state index contributed by atoms with van der Waals surface area (Å²) in [6, 6.07) is 7.05. The van der Waals surface area contributed by atoms with Gasteiger partial charge in [0, 0.05) is 6.16 Å². The van der Waals surface area contributed by atoms with Gasteiger partial charge >= 0.3 is 13.6 Å². The zero-order valence-corrected chi connectivity index (χ0v) is 13.0. The van der Waals surface area contributed by atoms with Crippen molar-refractivity contribution in [1.82, 2.24) is 0 Å². The zero-order valence-electron chi connectivity index (χ0n) is 12.1. The molecule has 0 N–H and O–H groups in total. The van der Waals surface area contributed by atoms with Crippen molar-refractivity contribution >= 4 is 13.6 Å². The minimum absolute atomic E-state index is 0.322. The SMILES string of the molecule is CCOP(=O)(CC)OCCc1ccc(C(=O)OC)cc1. The van der Waals surface area contributed by atoms with Crippen LogP contribution in [0.15, 0.2) is 24.3 Å². The van der Waals surface area contributed by atoms with Crippen LogP contribution in [0, 0.1) is 0 Å². The molecular weight excluding hydrogens is 279 g/mol. The van der Waals surface area contributed by atoms with Crippen LogP contribution in [0.25, 0.3) is 0 Å². The Balaban J connectivity index is 2.50. The van der Waals surface area contributed by atoms with E-state index in [1.54, 1.807) is 26.0 Å². The molecule has 0 aliphatic heterocycles. The Morgan fingerprint density at radius 2 is 1.80 bits per heavy atom. The van der Waals surface area contributed by atoms with Crippen molar-refractivity contribution in [1.29, 1.82) is 0 Å². The third kappa shape index (κ3) is 5.08. The highest BCUT2D eigenvalue weighted by Gasteiger charge is 2.20. The molecule has 1 atom stereocenters. The van der Waals surface area contributed by atoms with Gasteiger partial charge in [-0.3, -0.25) is 4.57 Å². The van der Waals surface area contributed by atoms with Gasteiger partial charge in [-0.15, -0.1) is 0 Å². The molecule has 0 heterocycles. The summed E-state index contributed by atoms with van der Waals surface area (Å²) in [6.07, 6.45) is 0.973. The zero-order chi connectivity index (χ0) is 15.0. The van der Waals surface area contributed by atoms with Crippen LogP contribution in [0.2, 0.25) is 0 Å². The quantitative estimate of drug-likeness (QED) is 0.544. The normalized spacial score (nSPS) is 13.8. The van der Waals surface area contributed by atoms with Gasteiger partial charge in [-0.2, -0.15) is 0 Å². The minimum Gasteiger partial charge on any atom is -0.465 e. The lowest BCUT2D eigenvalue weighted by Gasteiger charge is -2.15. The fraction of sp³-hybridized carbons (Fsp3) is 0.500. The molecule has 5 nitrogen and oxygen atoms in total. The van der Waals surface area contributed by atoms with E-state index in [4.69, 9.17) is 9.05 Å². The van der Waals surface area contributed by atoms with Crippen molar-refractivity contribution in [2.75, 3.05) is 26.5 Å². The number of hydrogen-bond acceptors (Lipinski definition) is 5. The van der Waals surface area contributed by atoms with Crippen molar-refractivity contribution in [3.05, 3.63) is 35.4 Å². The molecular formula is C14H21O5P. The van der Waals surface area contributed by atoms with Gasteiger partial charge in [-0.05, 0) is 31.0 Å². The number of esters is 1. The average Bonchev–Trinajstić information content (AvgIpc) is 2.47. The second kappa shape index (κ2) is 8.20. The number of carbonyl (C=O) groups is 1. The summed E-state index contributed by atoms with van der Waals surface area (Å²) in [5, 5.41) is 0. The van der Waals surface area contributed by atoms with Gasteiger partial charge in [-0.1, -0.05) is 19.1 Å². The van der Waals surface area contributed by atoms with Crippen molar-refractivity contribution in [2.45, 2.75) is 20.3 Å². The van der Waals surface area contributed by atoms with Crippen LogP contribution in [-0.4, -0.2) is 32.5 Å². The molecule has 1 aromatic rings. The summed E-state index contributed by atoms with van der Waals surface area (Å²) < 4.78 is 27.2. The van der Waals surface area contributed by atoms with Crippen LogP contribution in [0.4, 0.5) is 0 Å². The molecule has 0 aliphatic rings. The topological polar surface area (TPSA) is 61.8 Å². The predicted octanol–water partition coefficient (Wildman–Crippen LogP) is 3.28. The van der Waals surface area contributed by atoms with Gasteiger partial charge in [0.25, 0.3) is 0 Å². The lowest BCUT2D eigenvalue weighted by atomic mass is 10.1. The largest absolute Gasteiger partial charge is 0.465 e. The maximum Gasteiger partial charge on any atom is 0.337 e. The second-order valence-electron chi connectivity index (χ2n) is 4.12. The van der Waals surface area contributed by atoms with Crippen LogP contribution >= 0.6 is 7.60 Å². The molecule has 112 valence electrons. The fourth-order valence-corrected chi connectivity index (χ4v) is 2.85. The Morgan fingerprint density at radius 3 is 2.30 bits per heavy atom. The van der Waals surface area contributed by atoms with E-state index in [2.05, 4.69) is 4.74 Å². The van der Waals surface area contributed by atoms with E-state index >= 15 is 0 Å². The minimum atomic E-state index is -2.94. The van der Waals surface area contributed by atoms with Crippen molar-refractivity contribution in [3.8, 4) is 0 Å². The molecule has 0 aromatic heterocycles. The third-order valence-corrected chi connectivity index (χ3v) is 4.77. The van der Waals surface area contributed by atoms with E-state index in [0.717, 1.165) is 5.56 Å². The van der Waals surface area contributed by atoms with Gasteiger partial charge in [-0.25, -0.2) is 4.79 Å². The Morgan fingerprint density at radius 1 is 1.15 bits per heavy atom. The molecule has 0 spiro atoms. The monoisotopic (exact) mass is 300 g/mol. The first-order valence-corrected chi connectivity index (χ1v) is 8.32. The molecule has 0 amide bonds. The van der Waals surface area contributed by atoms with Crippen LogP contribution in [0.3, 0.4) is 0 Å². The fourth-order valence-electron chi connectivity index (χ4n) is 1.64. The molecule has 0 saturated carbocycles. The molecule has 20 heavy (non-hydrogen) atoms. The smallest absolute Gasteiger partial charge is 0.337 e. The predicted molar refractivity (Wildman–Crippen MR) is 77.2 cm³/mol. The Hall–Kier alpha value is -1.16. The summed E-state index contributed by atoms with van der Waals surface area (Å²) in [7, 11) is -1.59. The maximum atomic E-state index is 12.0. The Kier molecular flexibility index (Phi) is 6.93. The first-order chi connectivity index (χ1) is 9.54. The number of benzene rings is 1. The van der Waals surface area contributed by atoms with Crippen molar-refractivity contribution in [2.24, 2.45) is 0 Å². The highest BCUT2D eigenvalue weighted by molar-refractivity contribution is 7.53. The lowest BCUT2D eigenvalue weighted by molar-refractivity contribution is 0.0600. The second-order valence-corrected chi connectivity index (χ2v) is 6.49. The van der Waals surface area contributed by atoms with Crippen LogP contribution in [0.1, 0.15) is 29.8 Å². The van der Waals surface area contributed by atoms with Crippen LogP contribution in [-0.2, 0) is 24.8 Å². The van der Waals surface area contributed by atoms with E-state index < -0.39 is 7.60 Å². The highest BCUT2D eigenvalue weighted by Crippen LogP contribution is 2.47. The molecule has 0 fully saturated rings. The number of rotatable bonds is 8. The molecule has 0 aliphatic carbocycles. The molecule has 6 heteroatoms. The molecule has 0 saturated heterocycles. The highest BCUT2D eigenvalue weighted by atomic mass is 31.2. The van der Waals surface area contributed by atoms with E-state index in [1.165, 1.54) is 7.11 Å². The van der Waals surface area contributed by atoms with Gasteiger partial charge in [0.2, 0.25) is 0 Å². The number of ether oxygens (including phenoxy) is 1. The Labute approximate surface area is 119 Å². The molecule has 0 radical (unpaired) electrons. The standard InChI is InChI=1S/C14H21O5P/c1-4-18-20(16,5-2)19-11-10-12-6-8-13(9-7-12)14(15)17-3/h6-9H,4-5,10-11H2,1-3H3. The van der Waals surface area contributed by atoms with Crippen LogP contribution < -0.4 is 0 Å². The summed E-state index contributed by atoms with van der Waals surface area (Å²) >= 11 is 0. The van der Waals surface area contributed by atoms with Gasteiger partial charge in [0.15, 0.2) is 0 Å². The lowest BCUT2D eigenvalue weighted by Crippen LogP contribution is -2.03. The van der Waals surface area contributed by atoms with Crippen LogP contribution in [0.5, 0.6) is 0 Å².